The van der Waals surface area contributed by atoms with Gasteiger partial charge in [0, 0.05) is 34.1 Å². The second-order valence-electron chi connectivity index (χ2n) is 10.6. The van der Waals surface area contributed by atoms with Crippen LogP contribution in [0.1, 0.15) is 25.0 Å². The molecule has 0 amide bonds. The molecule has 0 bridgehead atoms. The quantitative estimate of drug-likeness (QED) is 0.237. The van der Waals surface area contributed by atoms with Crippen LogP contribution < -0.4 is 0 Å². The molecule has 0 spiro atoms. The fraction of sp³-hybridized carbons (Fsp3) is 0.0882. The summed E-state index contributed by atoms with van der Waals surface area (Å²) in [6.45, 7) is 4.56. The third-order valence-electron chi connectivity index (χ3n) is 7.85. The van der Waals surface area contributed by atoms with Crippen LogP contribution in [0.3, 0.4) is 0 Å². The highest BCUT2D eigenvalue weighted by Gasteiger charge is 2.36. The number of fused-ring (bicyclic) bond motifs is 6. The standard InChI is InChI=1S/C34H23N5O/c1-34(2)25-10-4-3-9-21(25)22-18-24-23-17-20(13-14-29(23)40-30(24)19-26(22)34)31-37-32(27-11-5-7-15-35-27)39-33(38-31)28-12-6-8-16-36-28/h3-19H,1-2H3. The number of rotatable bonds is 3. The van der Waals surface area contributed by atoms with E-state index in [1.54, 1.807) is 12.4 Å². The molecule has 40 heavy (non-hydrogen) atoms. The Morgan fingerprint density at radius 2 is 1.20 bits per heavy atom. The number of benzene rings is 3. The largest absolute Gasteiger partial charge is 0.456 e. The molecule has 190 valence electrons. The Morgan fingerprint density at radius 1 is 0.550 bits per heavy atom. The molecule has 6 heteroatoms. The average Bonchev–Trinajstić information content (AvgIpc) is 3.48. The first-order valence-corrected chi connectivity index (χ1v) is 13.3. The van der Waals surface area contributed by atoms with Crippen molar-refractivity contribution in [1.29, 1.82) is 0 Å². The molecule has 7 aromatic rings. The topological polar surface area (TPSA) is 77.6 Å². The van der Waals surface area contributed by atoms with Crippen LogP contribution in [0, 0.1) is 0 Å². The van der Waals surface area contributed by atoms with E-state index in [0.717, 1.165) is 27.5 Å². The van der Waals surface area contributed by atoms with Crippen molar-refractivity contribution in [1.82, 2.24) is 24.9 Å². The summed E-state index contributed by atoms with van der Waals surface area (Å²) in [6.07, 6.45) is 3.47. The molecule has 0 unspecified atom stereocenters. The first-order valence-electron chi connectivity index (χ1n) is 13.3. The average molecular weight is 518 g/mol. The maximum absolute atomic E-state index is 6.37. The Balaban J connectivity index is 1.33. The Morgan fingerprint density at radius 3 is 1.90 bits per heavy atom. The van der Waals surface area contributed by atoms with E-state index in [1.165, 1.54) is 22.3 Å². The van der Waals surface area contributed by atoms with Crippen molar-refractivity contribution < 1.29 is 4.42 Å². The highest BCUT2D eigenvalue weighted by molar-refractivity contribution is 6.08. The molecule has 4 aromatic heterocycles. The molecular formula is C34H23N5O. The molecule has 0 saturated carbocycles. The highest BCUT2D eigenvalue weighted by atomic mass is 16.3. The third kappa shape index (κ3) is 3.39. The number of hydrogen-bond donors (Lipinski definition) is 0. The van der Waals surface area contributed by atoms with E-state index in [0.29, 0.717) is 28.9 Å². The number of aromatic nitrogens is 5. The number of pyridine rings is 2. The minimum Gasteiger partial charge on any atom is -0.456 e. The van der Waals surface area contributed by atoms with E-state index >= 15 is 0 Å². The summed E-state index contributed by atoms with van der Waals surface area (Å²) in [4.78, 5) is 23.3. The van der Waals surface area contributed by atoms with Crippen LogP contribution in [-0.2, 0) is 5.41 Å². The summed E-state index contributed by atoms with van der Waals surface area (Å²) in [5.41, 5.74) is 9.03. The number of nitrogens with zero attached hydrogens (tertiary/aromatic N) is 5. The van der Waals surface area contributed by atoms with Crippen LogP contribution in [0.5, 0.6) is 0 Å². The number of hydrogen-bond acceptors (Lipinski definition) is 6. The van der Waals surface area contributed by atoms with Crippen molar-refractivity contribution in [3.05, 3.63) is 115 Å². The molecule has 6 nitrogen and oxygen atoms in total. The molecule has 0 fully saturated rings. The van der Waals surface area contributed by atoms with Crippen LogP contribution in [-0.4, -0.2) is 24.9 Å². The van der Waals surface area contributed by atoms with Gasteiger partial charge >= 0.3 is 0 Å². The van der Waals surface area contributed by atoms with Gasteiger partial charge in [0.25, 0.3) is 0 Å². The van der Waals surface area contributed by atoms with Crippen LogP contribution in [0.4, 0.5) is 0 Å². The van der Waals surface area contributed by atoms with Crippen molar-refractivity contribution in [2.45, 2.75) is 19.3 Å². The Labute approximate surface area is 230 Å². The lowest BCUT2D eigenvalue weighted by atomic mass is 9.82. The predicted molar refractivity (Wildman–Crippen MR) is 157 cm³/mol. The molecule has 1 aliphatic carbocycles. The van der Waals surface area contributed by atoms with Crippen molar-refractivity contribution in [2.24, 2.45) is 0 Å². The van der Waals surface area contributed by atoms with Gasteiger partial charge in [0.2, 0.25) is 0 Å². The highest BCUT2D eigenvalue weighted by Crippen LogP contribution is 2.50. The molecule has 4 heterocycles. The zero-order valence-electron chi connectivity index (χ0n) is 22.0. The first kappa shape index (κ1) is 22.7. The molecule has 3 aromatic carbocycles. The fourth-order valence-electron chi connectivity index (χ4n) is 5.83. The maximum Gasteiger partial charge on any atom is 0.182 e. The molecule has 0 N–H and O–H groups in total. The van der Waals surface area contributed by atoms with Gasteiger partial charge in [-0.25, -0.2) is 15.0 Å². The monoisotopic (exact) mass is 517 g/mol. The maximum atomic E-state index is 6.37. The Bertz CT molecular complexity index is 2020. The number of furan rings is 1. The van der Waals surface area contributed by atoms with Gasteiger partial charge in [-0.15, -0.1) is 0 Å². The van der Waals surface area contributed by atoms with E-state index in [4.69, 9.17) is 19.4 Å². The summed E-state index contributed by atoms with van der Waals surface area (Å²) >= 11 is 0. The van der Waals surface area contributed by atoms with Crippen molar-refractivity contribution >= 4 is 21.9 Å². The zero-order chi connectivity index (χ0) is 26.8. The summed E-state index contributed by atoms with van der Waals surface area (Å²) in [7, 11) is 0. The molecule has 0 saturated heterocycles. The minimum atomic E-state index is -0.0844. The van der Waals surface area contributed by atoms with Gasteiger partial charge in [0.15, 0.2) is 17.5 Å². The smallest absolute Gasteiger partial charge is 0.182 e. The predicted octanol–water partition coefficient (Wildman–Crippen LogP) is 7.87. The lowest BCUT2D eigenvalue weighted by molar-refractivity contribution is 0.647. The van der Waals surface area contributed by atoms with Gasteiger partial charge in [-0.05, 0) is 76.9 Å². The third-order valence-corrected chi connectivity index (χ3v) is 7.85. The zero-order valence-corrected chi connectivity index (χ0v) is 22.0. The molecular weight excluding hydrogens is 494 g/mol. The van der Waals surface area contributed by atoms with Crippen LogP contribution >= 0.6 is 0 Å². The molecule has 0 aliphatic heterocycles. The first-order chi connectivity index (χ1) is 19.6. The van der Waals surface area contributed by atoms with Gasteiger partial charge in [-0.2, -0.15) is 0 Å². The van der Waals surface area contributed by atoms with Crippen LogP contribution in [0.25, 0.3) is 67.5 Å². The van der Waals surface area contributed by atoms with Gasteiger partial charge in [-0.3, -0.25) is 9.97 Å². The van der Waals surface area contributed by atoms with Gasteiger partial charge < -0.3 is 4.42 Å². The second kappa shape index (κ2) is 8.38. The fourth-order valence-corrected chi connectivity index (χ4v) is 5.83. The van der Waals surface area contributed by atoms with Gasteiger partial charge in [0.1, 0.15) is 22.6 Å². The van der Waals surface area contributed by atoms with Crippen molar-refractivity contribution in [3.63, 3.8) is 0 Å². The van der Waals surface area contributed by atoms with E-state index < -0.39 is 0 Å². The summed E-state index contributed by atoms with van der Waals surface area (Å²) in [5.74, 6) is 1.56. The van der Waals surface area contributed by atoms with E-state index in [9.17, 15) is 0 Å². The van der Waals surface area contributed by atoms with Crippen LogP contribution in [0.2, 0.25) is 0 Å². The SMILES string of the molecule is CC1(C)c2ccccc2-c2cc3c(cc21)oc1ccc(-c2nc(-c4ccccn4)nc(-c4ccccn4)n2)cc13. The molecule has 8 rings (SSSR count). The van der Waals surface area contributed by atoms with E-state index in [2.05, 4.69) is 66.3 Å². The normalized spacial score (nSPS) is 13.4. The minimum absolute atomic E-state index is 0.0844. The summed E-state index contributed by atoms with van der Waals surface area (Å²) in [5, 5.41) is 2.10. The Hall–Kier alpha value is -5.23. The lowest BCUT2D eigenvalue weighted by Crippen LogP contribution is -2.14. The van der Waals surface area contributed by atoms with Gasteiger partial charge in [-0.1, -0.05) is 50.2 Å². The van der Waals surface area contributed by atoms with Gasteiger partial charge in [0.05, 0.1) is 0 Å². The summed E-state index contributed by atoms with van der Waals surface area (Å²) in [6, 6.07) is 30.7. The van der Waals surface area contributed by atoms with Crippen molar-refractivity contribution in [3.8, 4) is 45.6 Å². The molecule has 0 atom stereocenters. The van der Waals surface area contributed by atoms with E-state index in [1.807, 2.05) is 48.5 Å². The van der Waals surface area contributed by atoms with Crippen LogP contribution in [0.15, 0.2) is 108 Å². The Kier molecular flexibility index (Phi) is 4.76. The molecule has 1 aliphatic rings. The van der Waals surface area contributed by atoms with E-state index in [-0.39, 0.29) is 5.41 Å². The summed E-state index contributed by atoms with van der Waals surface area (Å²) < 4.78 is 6.37. The van der Waals surface area contributed by atoms with Crippen molar-refractivity contribution in [2.75, 3.05) is 0 Å². The molecule has 0 radical (unpaired) electrons. The second-order valence-corrected chi connectivity index (χ2v) is 10.6. The lowest BCUT2D eigenvalue weighted by Gasteiger charge is -2.21.